The molecule has 0 aliphatic carbocycles. The normalized spacial score (nSPS) is 25.1. The molecule has 0 radical (unpaired) electrons. The molecule has 1 saturated heterocycles. The van der Waals surface area contributed by atoms with Crippen molar-refractivity contribution in [2.75, 3.05) is 23.7 Å². The summed E-state index contributed by atoms with van der Waals surface area (Å²) >= 11 is 12.0. The average Bonchev–Trinajstić information content (AvgIpc) is 2.22. The molecule has 0 spiro atoms. The fourth-order valence-corrected chi connectivity index (χ4v) is 2.53. The Morgan fingerprint density at radius 2 is 1.71 bits per heavy atom. The molecule has 1 heterocycles. The Balaban J connectivity index is 2.30. The lowest BCUT2D eigenvalue weighted by atomic mass is 10.2. The third kappa shape index (κ3) is 2.79. The van der Waals surface area contributed by atoms with Crippen molar-refractivity contribution in [1.29, 1.82) is 0 Å². The summed E-state index contributed by atoms with van der Waals surface area (Å²) in [6.07, 6.45) is 0.375. The van der Waals surface area contributed by atoms with Gasteiger partial charge in [-0.25, -0.2) is 0 Å². The van der Waals surface area contributed by atoms with Crippen LogP contribution in [0.4, 0.5) is 11.4 Å². The zero-order valence-corrected chi connectivity index (χ0v) is 11.4. The van der Waals surface area contributed by atoms with Gasteiger partial charge in [-0.15, -0.1) is 0 Å². The topological polar surface area (TPSA) is 38.5 Å². The smallest absolute Gasteiger partial charge is 0.0726 e. The van der Waals surface area contributed by atoms with E-state index in [1.165, 1.54) is 0 Å². The summed E-state index contributed by atoms with van der Waals surface area (Å²) < 4.78 is 5.69. The molecule has 94 valence electrons. The van der Waals surface area contributed by atoms with E-state index in [1.807, 2.05) is 6.07 Å². The molecule has 0 saturated carbocycles. The average molecular weight is 275 g/mol. The van der Waals surface area contributed by atoms with E-state index in [9.17, 15) is 0 Å². The number of benzene rings is 1. The van der Waals surface area contributed by atoms with Crippen molar-refractivity contribution < 1.29 is 4.74 Å². The Kier molecular flexibility index (Phi) is 3.71. The molecule has 1 aliphatic heterocycles. The number of ether oxygens (including phenoxy) is 1. The predicted molar refractivity (Wildman–Crippen MR) is 73.1 cm³/mol. The van der Waals surface area contributed by atoms with Gasteiger partial charge in [0, 0.05) is 13.1 Å². The maximum Gasteiger partial charge on any atom is 0.0726 e. The van der Waals surface area contributed by atoms with Crippen molar-refractivity contribution in [2.24, 2.45) is 0 Å². The highest BCUT2D eigenvalue weighted by Crippen LogP contribution is 2.34. The fraction of sp³-hybridized carbons (Fsp3) is 0.500. The van der Waals surface area contributed by atoms with Crippen LogP contribution in [0.25, 0.3) is 0 Å². The monoisotopic (exact) mass is 274 g/mol. The van der Waals surface area contributed by atoms with Gasteiger partial charge in [0.25, 0.3) is 0 Å². The van der Waals surface area contributed by atoms with Gasteiger partial charge in [0.05, 0.1) is 33.6 Å². The molecule has 1 aromatic carbocycles. The number of rotatable bonds is 1. The van der Waals surface area contributed by atoms with Crippen LogP contribution in [0.1, 0.15) is 13.8 Å². The highest BCUT2D eigenvalue weighted by atomic mass is 35.5. The summed E-state index contributed by atoms with van der Waals surface area (Å²) in [7, 11) is 0. The first-order valence-corrected chi connectivity index (χ1v) is 6.38. The molecule has 0 aromatic heterocycles. The molecular weight excluding hydrogens is 259 g/mol. The first kappa shape index (κ1) is 12.8. The molecule has 17 heavy (non-hydrogen) atoms. The van der Waals surface area contributed by atoms with E-state index in [0.29, 0.717) is 15.7 Å². The molecule has 1 aliphatic rings. The zero-order chi connectivity index (χ0) is 12.6. The minimum atomic E-state index is 0.188. The Bertz CT molecular complexity index is 415. The second-order valence-corrected chi connectivity index (χ2v) is 5.30. The van der Waals surface area contributed by atoms with Gasteiger partial charge in [-0.1, -0.05) is 23.2 Å². The molecule has 2 atom stereocenters. The first-order chi connectivity index (χ1) is 7.97. The van der Waals surface area contributed by atoms with E-state index < -0.39 is 0 Å². The standard InChI is InChI=1S/C12H16Cl2N2O/c1-7-5-16(6-8(2)17-7)12-4-10(14)9(13)3-11(12)15/h3-4,7-8H,5-6,15H2,1-2H3. The second-order valence-electron chi connectivity index (χ2n) is 4.49. The maximum absolute atomic E-state index is 6.03. The lowest BCUT2D eigenvalue weighted by Gasteiger charge is -2.37. The van der Waals surface area contributed by atoms with Crippen LogP contribution in [-0.2, 0) is 4.74 Å². The Hall–Kier alpha value is -0.640. The number of nitrogen functional groups attached to an aromatic ring is 1. The third-order valence-corrected chi connectivity index (χ3v) is 3.55. The Morgan fingerprint density at radius 1 is 1.18 bits per heavy atom. The van der Waals surface area contributed by atoms with Crippen LogP contribution in [0.5, 0.6) is 0 Å². The molecule has 0 bridgehead atoms. The summed E-state index contributed by atoms with van der Waals surface area (Å²) in [4.78, 5) is 2.19. The van der Waals surface area contributed by atoms with Crippen LogP contribution in [-0.4, -0.2) is 25.3 Å². The van der Waals surface area contributed by atoms with Crippen LogP contribution in [0.3, 0.4) is 0 Å². The van der Waals surface area contributed by atoms with Gasteiger partial charge in [0.1, 0.15) is 0 Å². The van der Waals surface area contributed by atoms with Crippen molar-refractivity contribution >= 4 is 34.6 Å². The van der Waals surface area contributed by atoms with Crippen molar-refractivity contribution in [1.82, 2.24) is 0 Å². The van der Waals surface area contributed by atoms with Gasteiger partial charge in [-0.05, 0) is 26.0 Å². The lowest BCUT2D eigenvalue weighted by molar-refractivity contribution is -0.00517. The van der Waals surface area contributed by atoms with Crippen LogP contribution < -0.4 is 10.6 Å². The van der Waals surface area contributed by atoms with Crippen LogP contribution in [0, 0.1) is 0 Å². The molecule has 2 N–H and O–H groups in total. The van der Waals surface area contributed by atoms with Gasteiger partial charge >= 0.3 is 0 Å². The minimum absolute atomic E-state index is 0.188. The highest BCUT2D eigenvalue weighted by Gasteiger charge is 2.24. The largest absolute Gasteiger partial charge is 0.397 e. The van der Waals surface area contributed by atoms with Crippen molar-refractivity contribution in [3.63, 3.8) is 0 Å². The number of halogens is 2. The van der Waals surface area contributed by atoms with E-state index in [-0.39, 0.29) is 12.2 Å². The molecule has 3 nitrogen and oxygen atoms in total. The van der Waals surface area contributed by atoms with Crippen LogP contribution >= 0.6 is 23.2 Å². The number of hydrogen-bond acceptors (Lipinski definition) is 3. The second kappa shape index (κ2) is 4.92. The van der Waals surface area contributed by atoms with E-state index in [2.05, 4.69) is 18.7 Å². The zero-order valence-electron chi connectivity index (χ0n) is 9.91. The van der Waals surface area contributed by atoms with Crippen molar-refractivity contribution in [3.8, 4) is 0 Å². The Labute approximate surface area is 111 Å². The number of nitrogens with two attached hydrogens (primary N) is 1. The summed E-state index contributed by atoms with van der Waals surface area (Å²) in [5, 5.41) is 1.02. The van der Waals surface area contributed by atoms with E-state index in [0.717, 1.165) is 18.8 Å². The molecular formula is C12H16Cl2N2O. The molecule has 1 aromatic rings. The van der Waals surface area contributed by atoms with Gasteiger partial charge < -0.3 is 15.4 Å². The number of morpholine rings is 1. The quantitative estimate of drug-likeness (QED) is 0.800. The molecule has 1 fully saturated rings. The Morgan fingerprint density at radius 3 is 2.29 bits per heavy atom. The molecule has 2 unspecified atom stereocenters. The summed E-state index contributed by atoms with van der Waals surface area (Å²) in [5.41, 5.74) is 7.57. The summed E-state index contributed by atoms with van der Waals surface area (Å²) in [6.45, 7) is 5.73. The lowest BCUT2D eigenvalue weighted by Crippen LogP contribution is -2.45. The molecule has 5 heteroatoms. The number of anilines is 2. The minimum Gasteiger partial charge on any atom is -0.397 e. The molecule has 0 amide bonds. The molecule has 2 rings (SSSR count). The van der Waals surface area contributed by atoms with E-state index >= 15 is 0 Å². The SMILES string of the molecule is CC1CN(c2cc(Cl)c(Cl)cc2N)CC(C)O1. The number of nitrogens with zero attached hydrogens (tertiary/aromatic N) is 1. The van der Waals surface area contributed by atoms with Gasteiger partial charge in [0.2, 0.25) is 0 Å². The maximum atomic E-state index is 6.03. The fourth-order valence-electron chi connectivity index (χ4n) is 2.20. The van der Waals surface area contributed by atoms with E-state index in [4.69, 9.17) is 33.7 Å². The van der Waals surface area contributed by atoms with Crippen LogP contribution in [0.15, 0.2) is 12.1 Å². The predicted octanol–water partition coefficient (Wildman–Crippen LogP) is 3.19. The highest BCUT2D eigenvalue weighted by molar-refractivity contribution is 6.42. The van der Waals surface area contributed by atoms with Crippen molar-refractivity contribution in [3.05, 3.63) is 22.2 Å². The summed E-state index contributed by atoms with van der Waals surface area (Å²) in [6, 6.07) is 3.52. The third-order valence-electron chi connectivity index (χ3n) is 2.83. The van der Waals surface area contributed by atoms with Gasteiger partial charge in [-0.3, -0.25) is 0 Å². The van der Waals surface area contributed by atoms with E-state index in [1.54, 1.807) is 6.07 Å². The van der Waals surface area contributed by atoms with Gasteiger partial charge in [0.15, 0.2) is 0 Å². The van der Waals surface area contributed by atoms with Gasteiger partial charge in [-0.2, -0.15) is 0 Å². The van der Waals surface area contributed by atoms with Crippen LogP contribution in [0.2, 0.25) is 10.0 Å². The van der Waals surface area contributed by atoms with Crippen molar-refractivity contribution in [2.45, 2.75) is 26.1 Å². The number of hydrogen-bond donors (Lipinski definition) is 1. The summed E-state index contributed by atoms with van der Waals surface area (Å²) in [5.74, 6) is 0. The first-order valence-electron chi connectivity index (χ1n) is 5.62.